The molecule has 1 atom stereocenters. The van der Waals surface area contributed by atoms with E-state index in [0.717, 1.165) is 0 Å². The molecule has 0 fully saturated rings. The zero-order valence-corrected chi connectivity index (χ0v) is 10.2. The molecule has 0 radical (unpaired) electrons. The topological polar surface area (TPSA) is 55.5 Å². The van der Waals surface area contributed by atoms with Gasteiger partial charge in [0, 0.05) is 12.0 Å². The van der Waals surface area contributed by atoms with Gasteiger partial charge < -0.3 is 15.6 Å². The van der Waals surface area contributed by atoms with Crippen molar-refractivity contribution < 1.29 is 9.84 Å². The van der Waals surface area contributed by atoms with E-state index in [1.54, 1.807) is 18.2 Å². The molecule has 0 heterocycles. The van der Waals surface area contributed by atoms with Crippen LogP contribution in [0.2, 0.25) is 0 Å². The summed E-state index contributed by atoms with van der Waals surface area (Å²) in [6.07, 6.45) is 0. The molecule has 0 bridgehead atoms. The molecule has 0 aliphatic rings. The van der Waals surface area contributed by atoms with Crippen molar-refractivity contribution in [2.75, 3.05) is 13.2 Å². The lowest BCUT2D eigenvalue weighted by molar-refractivity contribution is 0.152. The predicted octanol–water partition coefficient (Wildman–Crippen LogP) is 2.39. The van der Waals surface area contributed by atoms with Crippen LogP contribution in [0, 0.1) is 11.3 Å². The van der Waals surface area contributed by atoms with Crippen molar-refractivity contribution in [3.63, 3.8) is 0 Å². The molecule has 1 aromatic rings. The third-order valence-electron chi connectivity index (χ3n) is 2.78. The van der Waals surface area contributed by atoms with E-state index in [0.29, 0.717) is 24.8 Å². The zero-order chi connectivity index (χ0) is 12.2. The number of ether oxygens (including phenoxy) is 1. The van der Waals surface area contributed by atoms with E-state index >= 15 is 0 Å². The second-order valence-corrected chi connectivity index (χ2v) is 5.11. The second kappa shape index (κ2) is 5.21. The van der Waals surface area contributed by atoms with Gasteiger partial charge in [-0.2, -0.15) is 0 Å². The quantitative estimate of drug-likeness (QED) is 0.824. The van der Waals surface area contributed by atoms with Crippen LogP contribution in [0.3, 0.4) is 0 Å². The van der Waals surface area contributed by atoms with Crippen LogP contribution in [0.15, 0.2) is 24.3 Å². The Labute approximate surface area is 97.2 Å². The fraction of sp³-hybridized carbons (Fsp3) is 0.538. The van der Waals surface area contributed by atoms with Crippen molar-refractivity contribution in [1.82, 2.24) is 0 Å². The molecule has 1 unspecified atom stereocenters. The Hall–Kier alpha value is -1.22. The lowest BCUT2D eigenvalue weighted by atomic mass is 9.81. The van der Waals surface area contributed by atoms with Crippen molar-refractivity contribution in [2.45, 2.75) is 20.8 Å². The van der Waals surface area contributed by atoms with E-state index in [4.69, 9.17) is 10.5 Å². The molecule has 0 saturated carbocycles. The van der Waals surface area contributed by atoms with Crippen LogP contribution in [0.25, 0.3) is 0 Å². The smallest absolute Gasteiger partial charge is 0.122 e. The third-order valence-corrected chi connectivity index (χ3v) is 2.78. The SMILES string of the molecule is CC(C)(C)C(CN)COc1cccc(O)c1. The van der Waals surface area contributed by atoms with Crippen LogP contribution in [-0.2, 0) is 0 Å². The Morgan fingerprint density at radius 3 is 2.56 bits per heavy atom. The van der Waals surface area contributed by atoms with Gasteiger partial charge in [0.15, 0.2) is 0 Å². The summed E-state index contributed by atoms with van der Waals surface area (Å²) in [6, 6.07) is 6.82. The van der Waals surface area contributed by atoms with Crippen LogP contribution in [0.1, 0.15) is 20.8 Å². The highest BCUT2D eigenvalue weighted by atomic mass is 16.5. The van der Waals surface area contributed by atoms with Gasteiger partial charge in [-0.15, -0.1) is 0 Å². The fourth-order valence-electron chi connectivity index (χ4n) is 1.44. The molecule has 0 saturated heterocycles. The fourth-order valence-corrected chi connectivity index (χ4v) is 1.44. The summed E-state index contributed by atoms with van der Waals surface area (Å²) in [5.74, 6) is 1.20. The summed E-state index contributed by atoms with van der Waals surface area (Å²) in [6.45, 7) is 7.62. The van der Waals surface area contributed by atoms with Crippen LogP contribution in [0.5, 0.6) is 11.5 Å². The van der Waals surface area contributed by atoms with Gasteiger partial charge in [0.05, 0.1) is 6.61 Å². The molecule has 3 N–H and O–H groups in total. The van der Waals surface area contributed by atoms with E-state index in [-0.39, 0.29) is 11.2 Å². The number of hydrogen-bond acceptors (Lipinski definition) is 3. The standard InChI is InChI=1S/C13H21NO2/c1-13(2,3)10(8-14)9-16-12-6-4-5-11(15)7-12/h4-7,10,15H,8-9,14H2,1-3H3. The molecule has 0 aliphatic heterocycles. The Kier molecular flexibility index (Phi) is 4.19. The molecular formula is C13H21NO2. The molecule has 0 amide bonds. The molecule has 90 valence electrons. The molecule has 3 heteroatoms. The number of rotatable bonds is 4. The summed E-state index contributed by atoms with van der Waals surface area (Å²) in [4.78, 5) is 0. The first-order valence-electron chi connectivity index (χ1n) is 5.55. The van der Waals surface area contributed by atoms with Crippen molar-refractivity contribution in [3.05, 3.63) is 24.3 Å². The molecule has 1 aromatic carbocycles. The number of benzene rings is 1. The lowest BCUT2D eigenvalue weighted by Crippen LogP contribution is -2.33. The third kappa shape index (κ3) is 3.74. The molecule has 0 aliphatic carbocycles. The Morgan fingerprint density at radius 2 is 2.06 bits per heavy atom. The van der Waals surface area contributed by atoms with Gasteiger partial charge in [0.25, 0.3) is 0 Å². The second-order valence-electron chi connectivity index (χ2n) is 5.11. The first-order chi connectivity index (χ1) is 7.43. The highest BCUT2D eigenvalue weighted by molar-refractivity contribution is 5.31. The molecule has 3 nitrogen and oxygen atoms in total. The lowest BCUT2D eigenvalue weighted by Gasteiger charge is -2.29. The van der Waals surface area contributed by atoms with E-state index in [1.807, 2.05) is 6.07 Å². The largest absolute Gasteiger partial charge is 0.508 e. The van der Waals surface area contributed by atoms with Crippen LogP contribution in [-0.4, -0.2) is 18.3 Å². The number of aromatic hydroxyl groups is 1. The van der Waals surface area contributed by atoms with E-state index in [9.17, 15) is 5.11 Å². The monoisotopic (exact) mass is 223 g/mol. The molecule has 0 spiro atoms. The van der Waals surface area contributed by atoms with Crippen LogP contribution in [0.4, 0.5) is 0 Å². The van der Waals surface area contributed by atoms with Gasteiger partial charge >= 0.3 is 0 Å². The maximum atomic E-state index is 9.29. The predicted molar refractivity (Wildman–Crippen MR) is 65.6 cm³/mol. The normalized spacial score (nSPS) is 13.5. The minimum absolute atomic E-state index is 0.131. The maximum absolute atomic E-state index is 9.29. The molecule has 0 aromatic heterocycles. The Morgan fingerprint density at radius 1 is 1.38 bits per heavy atom. The van der Waals surface area contributed by atoms with Gasteiger partial charge in [0.2, 0.25) is 0 Å². The van der Waals surface area contributed by atoms with E-state index in [1.165, 1.54) is 0 Å². The number of phenols is 1. The van der Waals surface area contributed by atoms with E-state index < -0.39 is 0 Å². The highest BCUT2D eigenvalue weighted by Crippen LogP contribution is 2.26. The van der Waals surface area contributed by atoms with Crippen LogP contribution < -0.4 is 10.5 Å². The average Bonchev–Trinajstić information content (AvgIpc) is 2.16. The Balaban J connectivity index is 2.56. The van der Waals surface area contributed by atoms with Gasteiger partial charge in [-0.05, 0) is 24.1 Å². The maximum Gasteiger partial charge on any atom is 0.122 e. The van der Waals surface area contributed by atoms with Crippen molar-refractivity contribution in [1.29, 1.82) is 0 Å². The first-order valence-corrected chi connectivity index (χ1v) is 5.55. The van der Waals surface area contributed by atoms with Crippen molar-refractivity contribution in [3.8, 4) is 11.5 Å². The van der Waals surface area contributed by atoms with Crippen LogP contribution >= 0.6 is 0 Å². The molecular weight excluding hydrogens is 202 g/mol. The average molecular weight is 223 g/mol. The summed E-state index contributed by atoms with van der Waals surface area (Å²) in [5.41, 5.74) is 5.85. The van der Waals surface area contributed by atoms with Gasteiger partial charge in [0.1, 0.15) is 11.5 Å². The number of nitrogens with two attached hydrogens (primary N) is 1. The summed E-state index contributed by atoms with van der Waals surface area (Å²) in [7, 11) is 0. The summed E-state index contributed by atoms with van der Waals surface area (Å²) < 4.78 is 5.63. The number of phenolic OH excluding ortho intramolecular Hbond substituents is 1. The highest BCUT2D eigenvalue weighted by Gasteiger charge is 2.23. The van der Waals surface area contributed by atoms with Crippen molar-refractivity contribution >= 4 is 0 Å². The summed E-state index contributed by atoms with van der Waals surface area (Å²) >= 11 is 0. The molecule has 1 rings (SSSR count). The molecule has 16 heavy (non-hydrogen) atoms. The first kappa shape index (κ1) is 12.8. The van der Waals surface area contributed by atoms with Gasteiger partial charge in [-0.1, -0.05) is 26.8 Å². The van der Waals surface area contributed by atoms with Crippen molar-refractivity contribution in [2.24, 2.45) is 17.1 Å². The van der Waals surface area contributed by atoms with Gasteiger partial charge in [-0.3, -0.25) is 0 Å². The number of hydrogen-bond donors (Lipinski definition) is 2. The minimum atomic E-state index is 0.131. The van der Waals surface area contributed by atoms with E-state index in [2.05, 4.69) is 20.8 Å². The van der Waals surface area contributed by atoms with Gasteiger partial charge in [-0.25, -0.2) is 0 Å². The zero-order valence-electron chi connectivity index (χ0n) is 10.2. The summed E-state index contributed by atoms with van der Waals surface area (Å²) in [5, 5.41) is 9.29. The Bertz CT molecular complexity index is 331. The minimum Gasteiger partial charge on any atom is -0.508 e.